The first-order chi connectivity index (χ1) is 8.46. The van der Waals surface area contributed by atoms with Crippen LogP contribution in [0, 0.1) is 22.6 Å². The number of nitrogens with zero attached hydrogens (tertiary/aromatic N) is 1. The molecule has 1 rings (SSSR count). The van der Waals surface area contributed by atoms with Crippen LogP contribution in [-0.2, 0) is 0 Å². The van der Waals surface area contributed by atoms with Gasteiger partial charge in [0.25, 0.3) is 0 Å². The average molecular weight is 249 g/mol. The molecule has 18 heavy (non-hydrogen) atoms. The number of halogens is 1. The predicted octanol–water partition coefficient (Wildman–Crippen LogP) is 3.35. The Labute approximate surface area is 106 Å². The highest BCUT2D eigenvalue weighted by Crippen LogP contribution is 2.21. The highest BCUT2D eigenvalue weighted by atomic mass is 19.1. The number of aldehydes is 1. The number of hydrogen-bond acceptors (Lipinski definition) is 3. The fraction of sp³-hybridized carbons (Fsp3) is 0.429. The number of rotatable bonds is 6. The van der Waals surface area contributed by atoms with Crippen molar-refractivity contribution in [3.05, 3.63) is 29.6 Å². The summed E-state index contributed by atoms with van der Waals surface area (Å²) in [6.07, 6.45) is 1.99. The van der Waals surface area contributed by atoms with Crippen LogP contribution in [0.25, 0.3) is 0 Å². The van der Waals surface area contributed by atoms with Gasteiger partial charge in [-0.3, -0.25) is 4.79 Å². The third kappa shape index (κ3) is 4.54. The normalized spacial score (nSPS) is 10.8. The Morgan fingerprint density at radius 2 is 2.17 bits per heavy atom. The van der Waals surface area contributed by atoms with Crippen molar-refractivity contribution in [3.8, 4) is 11.8 Å². The minimum Gasteiger partial charge on any atom is -0.493 e. The van der Waals surface area contributed by atoms with Gasteiger partial charge in [-0.25, -0.2) is 4.39 Å². The van der Waals surface area contributed by atoms with Crippen LogP contribution in [-0.4, -0.2) is 12.9 Å². The van der Waals surface area contributed by atoms with Gasteiger partial charge >= 0.3 is 0 Å². The first-order valence-electron chi connectivity index (χ1n) is 5.77. The van der Waals surface area contributed by atoms with Crippen LogP contribution in [0.3, 0.4) is 0 Å². The minimum atomic E-state index is -0.494. The van der Waals surface area contributed by atoms with Gasteiger partial charge in [-0.05, 0) is 38.8 Å². The molecule has 0 aliphatic carbocycles. The summed E-state index contributed by atoms with van der Waals surface area (Å²) in [6.45, 7) is 4.12. The van der Waals surface area contributed by atoms with E-state index >= 15 is 0 Å². The Morgan fingerprint density at radius 3 is 2.78 bits per heavy atom. The van der Waals surface area contributed by atoms with E-state index in [0.29, 0.717) is 31.5 Å². The molecule has 0 saturated carbocycles. The van der Waals surface area contributed by atoms with Crippen molar-refractivity contribution in [1.29, 1.82) is 5.26 Å². The van der Waals surface area contributed by atoms with E-state index in [4.69, 9.17) is 10.00 Å². The molecule has 0 N–H and O–H groups in total. The first-order valence-corrected chi connectivity index (χ1v) is 5.77. The summed E-state index contributed by atoms with van der Waals surface area (Å²) < 4.78 is 18.4. The molecule has 0 bridgehead atoms. The second-order valence-corrected chi connectivity index (χ2v) is 4.79. The number of hydrogen-bond donors (Lipinski definition) is 0. The summed E-state index contributed by atoms with van der Waals surface area (Å²) >= 11 is 0. The zero-order valence-electron chi connectivity index (χ0n) is 10.6. The molecule has 96 valence electrons. The molecule has 0 unspecified atom stereocenters. The lowest BCUT2D eigenvalue weighted by Crippen LogP contribution is -2.10. The molecule has 0 aromatic heterocycles. The fourth-order valence-corrected chi connectivity index (χ4v) is 1.50. The van der Waals surface area contributed by atoms with Gasteiger partial charge in [-0.1, -0.05) is 0 Å². The average Bonchev–Trinajstić information content (AvgIpc) is 2.34. The number of nitriles is 1. The molecule has 0 radical (unpaired) electrons. The van der Waals surface area contributed by atoms with E-state index in [9.17, 15) is 9.18 Å². The summed E-state index contributed by atoms with van der Waals surface area (Å²) in [4.78, 5) is 10.6. The molecule has 0 amide bonds. The van der Waals surface area contributed by atoms with Crippen LogP contribution >= 0.6 is 0 Å². The Hall–Kier alpha value is -1.89. The second-order valence-electron chi connectivity index (χ2n) is 4.79. The quantitative estimate of drug-likeness (QED) is 0.574. The maximum atomic E-state index is 13.1. The van der Waals surface area contributed by atoms with Crippen LogP contribution in [0.1, 0.15) is 37.0 Å². The smallest absolute Gasteiger partial charge is 0.150 e. The Bertz CT molecular complexity index is 463. The van der Waals surface area contributed by atoms with Crippen molar-refractivity contribution in [1.82, 2.24) is 0 Å². The molecule has 0 spiro atoms. The van der Waals surface area contributed by atoms with E-state index in [1.54, 1.807) is 0 Å². The Balaban J connectivity index is 2.47. The third-order valence-electron chi connectivity index (χ3n) is 2.55. The van der Waals surface area contributed by atoms with E-state index in [1.807, 2.05) is 13.8 Å². The zero-order valence-corrected chi connectivity index (χ0v) is 10.6. The standard InChI is InChI=1S/C14H16FNO2/c1-14(2,10-16)4-3-5-18-13-7-11(9-17)6-12(15)8-13/h6-9H,3-5H2,1-2H3. The molecule has 0 fully saturated rings. The van der Waals surface area contributed by atoms with E-state index in [0.717, 1.165) is 6.07 Å². The van der Waals surface area contributed by atoms with Gasteiger partial charge in [0, 0.05) is 11.6 Å². The molecule has 0 atom stereocenters. The SMILES string of the molecule is CC(C)(C#N)CCCOc1cc(F)cc(C=O)c1. The summed E-state index contributed by atoms with van der Waals surface area (Å²) in [5.41, 5.74) is -0.124. The topological polar surface area (TPSA) is 50.1 Å². The molecule has 1 aromatic carbocycles. The lowest BCUT2D eigenvalue weighted by atomic mass is 9.90. The van der Waals surface area contributed by atoms with Gasteiger partial charge in [0.1, 0.15) is 17.9 Å². The molecular weight excluding hydrogens is 233 g/mol. The van der Waals surface area contributed by atoms with Gasteiger partial charge in [0.05, 0.1) is 18.1 Å². The summed E-state index contributed by atoms with van der Waals surface area (Å²) in [5.74, 6) is -0.154. The van der Waals surface area contributed by atoms with E-state index in [-0.39, 0.29) is 11.0 Å². The molecule has 1 aromatic rings. The molecule has 0 heterocycles. The lowest BCUT2D eigenvalue weighted by Gasteiger charge is -2.14. The van der Waals surface area contributed by atoms with Crippen molar-refractivity contribution in [3.63, 3.8) is 0 Å². The highest BCUT2D eigenvalue weighted by Gasteiger charge is 2.15. The molecular formula is C14H16FNO2. The Kier molecular flexibility index (Phi) is 4.85. The van der Waals surface area contributed by atoms with Gasteiger partial charge in [0.15, 0.2) is 0 Å². The van der Waals surface area contributed by atoms with Crippen molar-refractivity contribution < 1.29 is 13.9 Å². The van der Waals surface area contributed by atoms with Gasteiger partial charge in [-0.2, -0.15) is 5.26 Å². The molecule has 4 heteroatoms. The van der Waals surface area contributed by atoms with Crippen LogP contribution in [0.15, 0.2) is 18.2 Å². The molecule has 0 aliphatic heterocycles. The minimum absolute atomic E-state index is 0.252. The summed E-state index contributed by atoms with van der Waals surface area (Å²) in [6, 6.07) is 6.09. The van der Waals surface area contributed by atoms with Gasteiger partial charge in [0.2, 0.25) is 0 Å². The van der Waals surface area contributed by atoms with Crippen LogP contribution in [0.4, 0.5) is 4.39 Å². The summed E-state index contributed by atoms with van der Waals surface area (Å²) in [7, 11) is 0. The molecule has 3 nitrogen and oxygen atoms in total. The predicted molar refractivity (Wildman–Crippen MR) is 65.9 cm³/mol. The third-order valence-corrected chi connectivity index (χ3v) is 2.55. The van der Waals surface area contributed by atoms with Crippen LogP contribution in [0.5, 0.6) is 5.75 Å². The van der Waals surface area contributed by atoms with Crippen molar-refractivity contribution >= 4 is 6.29 Å². The first kappa shape index (κ1) is 14.2. The number of carbonyl (C=O) groups excluding carboxylic acids is 1. The maximum absolute atomic E-state index is 13.1. The fourth-order valence-electron chi connectivity index (χ4n) is 1.50. The maximum Gasteiger partial charge on any atom is 0.150 e. The molecule has 0 saturated heterocycles. The lowest BCUT2D eigenvalue weighted by molar-refractivity contribution is 0.112. The number of carbonyl (C=O) groups is 1. The van der Waals surface area contributed by atoms with E-state index in [1.165, 1.54) is 12.1 Å². The van der Waals surface area contributed by atoms with Crippen LogP contribution in [0.2, 0.25) is 0 Å². The Morgan fingerprint density at radius 1 is 1.44 bits per heavy atom. The number of benzene rings is 1. The van der Waals surface area contributed by atoms with Crippen molar-refractivity contribution in [2.24, 2.45) is 5.41 Å². The van der Waals surface area contributed by atoms with Crippen molar-refractivity contribution in [2.75, 3.05) is 6.61 Å². The molecule has 0 aliphatic rings. The van der Waals surface area contributed by atoms with Crippen LogP contribution < -0.4 is 4.74 Å². The second kappa shape index (κ2) is 6.15. The van der Waals surface area contributed by atoms with Crippen molar-refractivity contribution in [2.45, 2.75) is 26.7 Å². The highest BCUT2D eigenvalue weighted by molar-refractivity contribution is 5.75. The summed E-state index contributed by atoms with van der Waals surface area (Å²) in [5, 5.41) is 8.84. The number of ether oxygens (including phenoxy) is 1. The van der Waals surface area contributed by atoms with Gasteiger partial charge in [-0.15, -0.1) is 0 Å². The van der Waals surface area contributed by atoms with Gasteiger partial charge < -0.3 is 4.74 Å². The zero-order chi connectivity index (χ0) is 13.6. The van der Waals surface area contributed by atoms with E-state index < -0.39 is 5.82 Å². The monoisotopic (exact) mass is 249 g/mol. The largest absolute Gasteiger partial charge is 0.493 e. The van der Waals surface area contributed by atoms with E-state index in [2.05, 4.69) is 6.07 Å².